The molecule has 7 aromatic carbocycles. The first-order valence-electron chi connectivity index (χ1n) is 20.8. The fraction of sp³-hybridized carbons (Fsp3) is 0.107. The largest absolute Gasteiger partial charge is 0.372 e. The minimum atomic E-state index is 0.946. The van der Waals surface area contributed by atoms with Crippen molar-refractivity contribution in [1.82, 2.24) is 9.13 Å². The van der Waals surface area contributed by atoms with E-state index in [1.54, 1.807) is 0 Å². The van der Waals surface area contributed by atoms with Gasteiger partial charge in [0.2, 0.25) is 0 Å². The number of nitrogens with zero attached hydrogens (tertiary/aromatic N) is 3. The summed E-state index contributed by atoms with van der Waals surface area (Å²) in [6.07, 6.45) is 13.2. The smallest absolute Gasteiger partial charge is 0.0541 e. The molecule has 0 aliphatic heterocycles. The molecule has 9 aromatic rings. The fourth-order valence-corrected chi connectivity index (χ4v) is 8.60. The van der Waals surface area contributed by atoms with Crippen molar-refractivity contribution < 1.29 is 0 Å². The second-order valence-electron chi connectivity index (χ2n) is 15.2. The van der Waals surface area contributed by atoms with Crippen LogP contribution in [0.25, 0.3) is 78.3 Å². The molecule has 2 heterocycles. The van der Waals surface area contributed by atoms with Crippen LogP contribution in [0.5, 0.6) is 0 Å². The summed E-state index contributed by atoms with van der Waals surface area (Å²) in [6.45, 7) is 10.8. The molecule has 0 aliphatic rings. The van der Waals surface area contributed by atoms with Crippen molar-refractivity contribution in [3.63, 3.8) is 0 Å². The first kappa shape index (κ1) is 37.5. The molecule has 0 amide bonds. The van der Waals surface area contributed by atoms with Crippen molar-refractivity contribution in [1.29, 1.82) is 0 Å². The highest BCUT2D eigenvalue weighted by molar-refractivity contribution is 6.10. The Bertz CT molecular complexity index is 2960. The normalized spacial score (nSPS) is 12.6. The van der Waals surface area contributed by atoms with Crippen LogP contribution in [0, 0.1) is 0 Å². The lowest BCUT2D eigenvalue weighted by molar-refractivity contribution is 0.864. The molecule has 0 saturated carbocycles. The molecule has 3 heteroatoms. The van der Waals surface area contributed by atoms with E-state index in [0.717, 1.165) is 13.1 Å². The van der Waals surface area contributed by atoms with Crippen LogP contribution in [0.1, 0.15) is 49.9 Å². The standard InChI is InChI=1S/C56H49N3/c1-5-57(6-2)56-39-44(40(3)17-15-19-42-29-34-45(35-30-42)58-52-25-11-7-21-48(52)49-22-8-12-26-53(49)58)33-38-47(56)41(4)18-16-20-43-31-36-46(37-32-43)59-54-27-13-9-23-50(54)51-24-10-14-28-55(51)59/h7-39H,5-6H2,1-4H3. The number of allylic oxidation sites excluding steroid dienone is 6. The van der Waals surface area contributed by atoms with Gasteiger partial charge in [0.15, 0.2) is 0 Å². The van der Waals surface area contributed by atoms with E-state index < -0.39 is 0 Å². The van der Waals surface area contributed by atoms with Crippen LogP contribution in [0.2, 0.25) is 0 Å². The Balaban J connectivity index is 0.921. The van der Waals surface area contributed by atoms with Crippen molar-refractivity contribution in [3.8, 4) is 11.4 Å². The Morgan fingerprint density at radius 1 is 0.458 bits per heavy atom. The summed E-state index contributed by atoms with van der Waals surface area (Å²) < 4.78 is 4.72. The summed E-state index contributed by atoms with van der Waals surface area (Å²) >= 11 is 0. The molecule has 3 nitrogen and oxygen atoms in total. The van der Waals surface area contributed by atoms with E-state index >= 15 is 0 Å². The lowest BCUT2D eigenvalue weighted by atomic mass is 9.98. The molecule has 0 fully saturated rings. The summed E-state index contributed by atoms with van der Waals surface area (Å²) in [6, 6.07) is 59.3. The van der Waals surface area contributed by atoms with Crippen LogP contribution in [0.3, 0.4) is 0 Å². The van der Waals surface area contributed by atoms with Crippen molar-refractivity contribution in [2.45, 2.75) is 27.7 Å². The maximum Gasteiger partial charge on any atom is 0.0541 e. The molecular formula is C56H49N3. The van der Waals surface area contributed by atoms with Crippen molar-refractivity contribution >= 4 is 72.6 Å². The lowest BCUT2D eigenvalue weighted by Crippen LogP contribution is -2.23. The summed E-state index contributed by atoms with van der Waals surface area (Å²) in [5.41, 5.74) is 15.8. The number of rotatable bonds is 11. The Morgan fingerprint density at radius 3 is 1.25 bits per heavy atom. The van der Waals surface area contributed by atoms with Gasteiger partial charge < -0.3 is 14.0 Å². The van der Waals surface area contributed by atoms with Gasteiger partial charge in [-0.2, -0.15) is 0 Å². The van der Waals surface area contributed by atoms with Crippen LogP contribution in [0.4, 0.5) is 5.69 Å². The number of hydrogen-bond acceptors (Lipinski definition) is 1. The maximum absolute atomic E-state index is 2.45. The first-order chi connectivity index (χ1) is 29.0. The van der Waals surface area contributed by atoms with Crippen LogP contribution in [-0.4, -0.2) is 22.2 Å². The number of para-hydroxylation sites is 4. The number of anilines is 1. The molecule has 0 bridgehead atoms. The third-order valence-electron chi connectivity index (χ3n) is 11.7. The molecule has 288 valence electrons. The predicted octanol–water partition coefficient (Wildman–Crippen LogP) is 15.0. The van der Waals surface area contributed by atoms with Gasteiger partial charge in [-0.1, -0.05) is 146 Å². The quantitative estimate of drug-likeness (QED) is 0.120. The molecule has 0 N–H and O–H groups in total. The van der Waals surface area contributed by atoms with Crippen molar-refractivity contribution in [3.05, 3.63) is 210 Å². The summed E-state index contributed by atoms with van der Waals surface area (Å²) in [5.74, 6) is 0. The summed E-state index contributed by atoms with van der Waals surface area (Å²) in [5, 5.41) is 5.12. The molecule has 0 radical (unpaired) electrons. The van der Waals surface area contributed by atoms with Gasteiger partial charge in [-0.05, 0) is 110 Å². The minimum Gasteiger partial charge on any atom is -0.372 e. The van der Waals surface area contributed by atoms with Gasteiger partial charge in [-0.25, -0.2) is 0 Å². The number of hydrogen-bond donors (Lipinski definition) is 0. The SMILES string of the molecule is CCN(CC)c1cc(C(C)=CC=Cc2ccc(-n3c4ccccc4c4ccccc43)cc2)ccc1C(C)=CC=Cc1ccc(-n2c3ccccc3c3ccccc32)cc1. The van der Waals surface area contributed by atoms with Crippen LogP contribution < -0.4 is 4.90 Å². The van der Waals surface area contributed by atoms with Gasteiger partial charge in [0.25, 0.3) is 0 Å². The Kier molecular flexibility index (Phi) is 10.4. The molecule has 0 spiro atoms. The van der Waals surface area contributed by atoms with Gasteiger partial charge in [-0.3, -0.25) is 0 Å². The third-order valence-corrected chi connectivity index (χ3v) is 11.7. The molecule has 0 atom stereocenters. The second-order valence-corrected chi connectivity index (χ2v) is 15.2. The zero-order valence-electron chi connectivity index (χ0n) is 34.3. The van der Waals surface area contributed by atoms with E-state index in [4.69, 9.17) is 0 Å². The Hall–Kier alpha value is -7.10. The van der Waals surface area contributed by atoms with Gasteiger partial charge >= 0.3 is 0 Å². The second kappa shape index (κ2) is 16.4. The van der Waals surface area contributed by atoms with Crippen LogP contribution >= 0.6 is 0 Å². The lowest BCUT2D eigenvalue weighted by Gasteiger charge is -2.25. The molecular weight excluding hydrogens is 715 g/mol. The monoisotopic (exact) mass is 763 g/mol. The Labute approximate surface area is 347 Å². The maximum atomic E-state index is 2.45. The molecule has 0 saturated heterocycles. The van der Waals surface area contributed by atoms with E-state index in [9.17, 15) is 0 Å². The highest BCUT2D eigenvalue weighted by atomic mass is 15.1. The average molecular weight is 764 g/mol. The van der Waals surface area contributed by atoms with Crippen LogP contribution in [0.15, 0.2) is 188 Å². The molecule has 0 aliphatic carbocycles. The number of benzene rings is 7. The van der Waals surface area contributed by atoms with Gasteiger partial charge in [0.05, 0.1) is 22.1 Å². The molecule has 59 heavy (non-hydrogen) atoms. The van der Waals surface area contributed by atoms with Gasteiger partial charge in [-0.15, -0.1) is 0 Å². The highest BCUT2D eigenvalue weighted by Gasteiger charge is 2.14. The summed E-state index contributed by atoms with van der Waals surface area (Å²) in [7, 11) is 0. The van der Waals surface area contributed by atoms with Crippen molar-refractivity contribution in [2.24, 2.45) is 0 Å². The topological polar surface area (TPSA) is 13.1 Å². The summed E-state index contributed by atoms with van der Waals surface area (Å²) in [4.78, 5) is 2.45. The van der Waals surface area contributed by atoms with E-state index in [1.165, 1.54) is 94.1 Å². The zero-order chi connectivity index (χ0) is 40.3. The molecule has 0 unspecified atom stereocenters. The predicted molar refractivity (Wildman–Crippen MR) is 257 cm³/mol. The van der Waals surface area contributed by atoms with Gasteiger partial charge in [0.1, 0.15) is 0 Å². The van der Waals surface area contributed by atoms with E-state index in [2.05, 4.69) is 242 Å². The highest BCUT2D eigenvalue weighted by Crippen LogP contribution is 2.34. The number of fused-ring (bicyclic) bond motifs is 6. The van der Waals surface area contributed by atoms with Crippen LogP contribution in [-0.2, 0) is 0 Å². The molecule has 9 rings (SSSR count). The van der Waals surface area contributed by atoms with Gasteiger partial charge in [0, 0.05) is 57.3 Å². The van der Waals surface area contributed by atoms with Crippen molar-refractivity contribution in [2.75, 3.05) is 18.0 Å². The third kappa shape index (κ3) is 7.21. The molecule has 2 aromatic heterocycles. The average Bonchev–Trinajstić information content (AvgIpc) is 3.80. The zero-order valence-corrected chi connectivity index (χ0v) is 34.3. The van der Waals surface area contributed by atoms with E-state index in [-0.39, 0.29) is 0 Å². The minimum absolute atomic E-state index is 0.946. The van der Waals surface area contributed by atoms with E-state index in [1.807, 2.05) is 0 Å². The van der Waals surface area contributed by atoms with E-state index in [0.29, 0.717) is 0 Å². The fourth-order valence-electron chi connectivity index (χ4n) is 8.60. The first-order valence-corrected chi connectivity index (χ1v) is 20.8. The Morgan fingerprint density at radius 2 is 0.847 bits per heavy atom. The number of aromatic nitrogens is 2.